The SMILES string of the molecule is CCOC(CC)(CC)C(N)CCc1ccc(OC)cc1. The number of ether oxygens (including phenoxy) is 2. The quantitative estimate of drug-likeness (QED) is 0.752. The average Bonchev–Trinajstić information content (AvgIpc) is 2.50. The van der Waals surface area contributed by atoms with E-state index in [9.17, 15) is 0 Å². The molecule has 0 aliphatic carbocycles. The second-order valence-electron chi connectivity index (χ2n) is 5.20. The highest BCUT2D eigenvalue weighted by Gasteiger charge is 2.33. The molecular weight excluding hydrogens is 250 g/mol. The molecule has 2 N–H and O–H groups in total. The van der Waals surface area contributed by atoms with Crippen molar-refractivity contribution in [3.8, 4) is 5.75 Å². The van der Waals surface area contributed by atoms with Crippen molar-refractivity contribution in [1.82, 2.24) is 0 Å². The van der Waals surface area contributed by atoms with Gasteiger partial charge in [0.2, 0.25) is 0 Å². The number of benzene rings is 1. The molecule has 1 unspecified atom stereocenters. The molecule has 0 bridgehead atoms. The second-order valence-corrected chi connectivity index (χ2v) is 5.20. The van der Waals surface area contributed by atoms with Crippen LogP contribution >= 0.6 is 0 Å². The van der Waals surface area contributed by atoms with Gasteiger partial charge in [0.15, 0.2) is 0 Å². The Balaban J connectivity index is 2.61. The van der Waals surface area contributed by atoms with E-state index in [0.29, 0.717) is 0 Å². The fourth-order valence-corrected chi connectivity index (χ4v) is 2.75. The lowest BCUT2D eigenvalue weighted by atomic mass is 9.85. The van der Waals surface area contributed by atoms with Gasteiger partial charge >= 0.3 is 0 Å². The van der Waals surface area contributed by atoms with Crippen molar-refractivity contribution in [1.29, 1.82) is 0 Å². The van der Waals surface area contributed by atoms with Crippen molar-refractivity contribution in [3.05, 3.63) is 29.8 Å². The summed E-state index contributed by atoms with van der Waals surface area (Å²) in [6.07, 6.45) is 3.83. The fourth-order valence-electron chi connectivity index (χ4n) is 2.75. The van der Waals surface area contributed by atoms with Crippen molar-refractivity contribution in [2.24, 2.45) is 5.73 Å². The summed E-state index contributed by atoms with van der Waals surface area (Å²) in [6.45, 7) is 7.08. The van der Waals surface area contributed by atoms with Gasteiger partial charge in [0.1, 0.15) is 5.75 Å². The predicted octanol–water partition coefficient (Wildman–Crippen LogP) is 3.55. The van der Waals surface area contributed by atoms with Crippen molar-refractivity contribution < 1.29 is 9.47 Å². The third kappa shape index (κ3) is 4.22. The first-order valence-electron chi connectivity index (χ1n) is 7.64. The molecule has 3 nitrogen and oxygen atoms in total. The van der Waals surface area contributed by atoms with Crippen LogP contribution in [0.15, 0.2) is 24.3 Å². The van der Waals surface area contributed by atoms with Gasteiger partial charge in [-0.3, -0.25) is 0 Å². The van der Waals surface area contributed by atoms with Crippen molar-refractivity contribution in [2.45, 2.75) is 58.1 Å². The zero-order valence-corrected chi connectivity index (χ0v) is 13.3. The molecule has 1 aromatic rings. The van der Waals surface area contributed by atoms with Crippen LogP contribution in [-0.4, -0.2) is 25.4 Å². The van der Waals surface area contributed by atoms with Gasteiger partial charge < -0.3 is 15.2 Å². The molecule has 0 aliphatic heterocycles. The smallest absolute Gasteiger partial charge is 0.118 e. The van der Waals surface area contributed by atoms with E-state index in [2.05, 4.69) is 26.0 Å². The molecule has 1 atom stereocenters. The van der Waals surface area contributed by atoms with Crippen LogP contribution in [-0.2, 0) is 11.2 Å². The van der Waals surface area contributed by atoms with Gasteiger partial charge in [0.05, 0.1) is 12.7 Å². The molecule has 20 heavy (non-hydrogen) atoms. The Labute approximate surface area is 123 Å². The molecule has 0 spiro atoms. The van der Waals surface area contributed by atoms with Gasteiger partial charge in [0.25, 0.3) is 0 Å². The Hall–Kier alpha value is -1.06. The van der Waals surface area contributed by atoms with Crippen LogP contribution in [0.1, 0.15) is 45.6 Å². The number of rotatable bonds is 9. The largest absolute Gasteiger partial charge is 0.497 e. The summed E-state index contributed by atoms with van der Waals surface area (Å²) >= 11 is 0. The topological polar surface area (TPSA) is 44.5 Å². The molecule has 0 aromatic heterocycles. The fraction of sp³-hybridized carbons (Fsp3) is 0.647. The molecule has 1 rings (SSSR count). The highest BCUT2D eigenvalue weighted by atomic mass is 16.5. The van der Waals surface area contributed by atoms with Gasteiger partial charge in [-0.1, -0.05) is 26.0 Å². The van der Waals surface area contributed by atoms with Gasteiger partial charge in [-0.05, 0) is 50.3 Å². The molecule has 0 heterocycles. The van der Waals surface area contributed by atoms with E-state index in [4.69, 9.17) is 15.2 Å². The lowest BCUT2D eigenvalue weighted by Crippen LogP contribution is -2.49. The van der Waals surface area contributed by atoms with Crippen LogP contribution in [0.2, 0.25) is 0 Å². The summed E-state index contributed by atoms with van der Waals surface area (Å²) in [5.41, 5.74) is 7.53. The summed E-state index contributed by atoms with van der Waals surface area (Å²) in [7, 11) is 1.68. The average molecular weight is 279 g/mol. The Bertz CT molecular complexity index is 371. The second kappa shape index (κ2) is 8.28. The molecule has 0 amide bonds. The molecule has 0 aliphatic rings. The maximum absolute atomic E-state index is 6.41. The normalized spacial score (nSPS) is 13.2. The van der Waals surface area contributed by atoms with Crippen molar-refractivity contribution >= 4 is 0 Å². The molecule has 0 saturated heterocycles. The Kier molecular flexibility index (Phi) is 7.03. The van der Waals surface area contributed by atoms with Crippen LogP contribution < -0.4 is 10.5 Å². The minimum atomic E-state index is -0.179. The molecule has 114 valence electrons. The zero-order chi connectivity index (χ0) is 15.0. The summed E-state index contributed by atoms with van der Waals surface area (Å²) < 4.78 is 11.1. The van der Waals surface area contributed by atoms with Crippen LogP contribution in [0.4, 0.5) is 0 Å². The zero-order valence-electron chi connectivity index (χ0n) is 13.3. The third-order valence-electron chi connectivity index (χ3n) is 4.21. The lowest BCUT2D eigenvalue weighted by molar-refractivity contribution is -0.0649. The van der Waals surface area contributed by atoms with Crippen LogP contribution in [0.3, 0.4) is 0 Å². The van der Waals surface area contributed by atoms with E-state index >= 15 is 0 Å². The van der Waals surface area contributed by atoms with Gasteiger partial charge in [0, 0.05) is 12.6 Å². The molecule has 0 saturated carbocycles. The van der Waals surface area contributed by atoms with Crippen LogP contribution in [0, 0.1) is 0 Å². The first kappa shape index (κ1) is 17.0. The number of methoxy groups -OCH3 is 1. The Morgan fingerprint density at radius 1 is 1.10 bits per heavy atom. The minimum Gasteiger partial charge on any atom is -0.497 e. The van der Waals surface area contributed by atoms with Crippen molar-refractivity contribution in [3.63, 3.8) is 0 Å². The predicted molar refractivity (Wildman–Crippen MR) is 84.2 cm³/mol. The summed E-state index contributed by atoms with van der Waals surface area (Å²) in [5, 5.41) is 0. The first-order chi connectivity index (χ1) is 9.61. The minimum absolute atomic E-state index is 0.0690. The van der Waals surface area contributed by atoms with Gasteiger partial charge in [-0.15, -0.1) is 0 Å². The molecule has 1 aromatic carbocycles. The standard InChI is InChI=1S/C17H29NO2/c1-5-17(6-2,20-7-3)16(18)13-10-14-8-11-15(19-4)12-9-14/h8-9,11-12,16H,5-7,10,13,18H2,1-4H3. The number of hydrogen-bond acceptors (Lipinski definition) is 3. The third-order valence-corrected chi connectivity index (χ3v) is 4.21. The van der Waals surface area contributed by atoms with E-state index in [0.717, 1.165) is 38.0 Å². The highest BCUT2D eigenvalue weighted by Crippen LogP contribution is 2.26. The summed E-state index contributed by atoms with van der Waals surface area (Å²) in [6, 6.07) is 8.27. The Morgan fingerprint density at radius 3 is 2.15 bits per heavy atom. The summed E-state index contributed by atoms with van der Waals surface area (Å²) in [5.74, 6) is 0.892. The molecule has 3 heteroatoms. The monoisotopic (exact) mass is 279 g/mol. The van der Waals surface area contributed by atoms with E-state index < -0.39 is 0 Å². The van der Waals surface area contributed by atoms with Gasteiger partial charge in [-0.2, -0.15) is 0 Å². The maximum Gasteiger partial charge on any atom is 0.118 e. The molecular formula is C17H29NO2. The van der Waals surface area contributed by atoms with E-state index in [-0.39, 0.29) is 11.6 Å². The van der Waals surface area contributed by atoms with Crippen LogP contribution in [0.25, 0.3) is 0 Å². The van der Waals surface area contributed by atoms with Gasteiger partial charge in [-0.25, -0.2) is 0 Å². The lowest BCUT2D eigenvalue weighted by Gasteiger charge is -2.37. The molecule has 0 radical (unpaired) electrons. The Morgan fingerprint density at radius 2 is 1.70 bits per heavy atom. The number of hydrogen-bond donors (Lipinski definition) is 1. The van der Waals surface area contributed by atoms with E-state index in [1.165, 1.54) is 5.56 Å². The van der Waals surface area contributed by atoms with E-state index in [1.807, 2.05) is 19.1 Å². The van der Waals surface area contributed by atoms with E-state index in [1.54, 1.807) is 7.11 Å². The molecule has 0 fully saturated rings. The number of nitrogens with two attached hydrogens (primary N) is 1. The summed E-state index contributed by atoms with van der Waals surface area (Å²) in [4.78, 5) is 0. The van der Waals surface area contributed by atoms with Crippen LogP contribution in [0.5, 0.6) is 5.75 Å². The first-order valence-corrected chi connectivity index (χ1v) is 7.64. The van der Waals surface area contributed by atoms with Crippen molar-refractivity contribution in [2.75, 3.05) is 13.7 Å². The number of aryl methyl sites for hydroxylation is 1. The highest BCUT2D eigenvalue weighted by molar-refractivity contribution is 5.27. The maximum atomic E-state index is 6.41.